The van der Waals surface area contributed by atoms with E-state index in [4.69, 9.17) is 4.99 Å². The molecular weight excluding hydrogens is 526 g/mol. The summed E-state index contributed by atoms with van der Waals surface area (Å²) in [7, 11) is 0. The Labute approximate surface area is 238 Å². The fourth-order valence-corrected chi connectivity index (χ4v) is 4.54. The van der Waals surface area contributed by atoms with Crippen molar-refractivity contribution in [3.63, 3.8) is 0 Å². The molecular formula is C32H34F2N4O3. The van der Waals surface area contributed by atoms with Crippen LogP contribution in [0.4, 0.5) is 14.5 Å². The predicted molar refractivity (Wildman–Crippen MR) is 155 cm³/mol. The van der Waals surface area contributed by atoms with Gasteiger partial charge in [0.25, 0.3) is 5.91 Å². The van der Waals surface area contributed by atoms with Crippen molar-refractivity contribution in [2.45, 2.75) is 52.7 Å². The molecule has 3 aromatic rings. The molecule has 0 aromatic heterocycles. The van der Waals surface area contributed by atoms with Gasteiger partial charge in [-0.3, -0.25) is 14.4 Å². The number of aliphatic imine (C=N–C) groups is 1. The lowest BCUT2D eigenvalue weighted by Gasteiger charge is -2.29. The number of benzene rings is 3. The first-order valence-electron chi connectivity index (χ1n) is 13.5. The molecule has 0 aliphatic carbocycles. The summed E-state index contributed by atoms with van der Waals surface area (Å²) in [6.45, 7) is 8.16. The first kappa shape index (κ1) is 29.6. The van der Waals surface area contributed by atoms with Crippen LogP contribution in [0.15, 0.2) is 77.8 Å². The lowest BCUT2D eigenvalue weighted by atomic mass is 9.91. The standard InChI is InChI=1S/C32H34F2N4O3/c1-20(35-27(39)18-21-16-23(33)19-24(34)17-21)30(40)37-29-31(41)38(15-14-32(2,3)4)26-13-9-8-12-25(26)28(36-29)22-10-6-5-7-11-22/h5-13,16-17,19-20,29H,14-15,18H2,1-4H3,(H,35,39)(H,37,40)/t20-,29?/m0/s1. The molecule has 1 aliphatic heterocycles. The van der Waals surface area contributed by atoms with Gasteiger partial charge >= 0.3 is 0 Å². The molecule has 214 valence electrons. The molecule has 1 aliphatic rings. The van der Waals surface area contributed by atoms with E-state index in [1.54, 1.807) is 4.90 Å². The zero-order valence-electron chi connectivity index (χ0n) is 23.6. The van der Waals surface area contributed by atoms with E-state index in [0.717, 1.165) is 23.3 Å². The fraction of sp³-hybridized carbons (Fsp3) is 0.312. The Balaban J connectivity index is 1.60. The SMILES string of the molecule is C[C@H](NC(=O)Cc1cc(F)cc(F)c1)C(=O)NC1N=C(c2ccccc2)c2ccccc2N(CCC(C)(C)C)C1=O. The van der Waals surface area contributed by atoms with Crippen LogP contribution in [0.5, 0.6) is 0 Å². The van der Waals surface area contributed by atoms with E-state index in [2.05, 4.69) is 31.4 Å². The lowest BCUT2D eigenvalue weighted by Crippen LogP contribution is -2.53. The number of nitrogens with zero attached hydrogens (tertiary/aromatic N) is 2. The summed E-state index contributed by atoms with van der Waals surface area (Å²) in [6, 6.07) is 18.7. The van der Waals surface area contributed by atoms with Crippen LogP contribution in [0, 0.1) is 17.0 Å². The molecule has 2 N–H and O–H groups in total. The second-order valence-electron chi connectivity index (χ2n) is 11.3. The van der Waals surface area contributed by atoms with Crippen molar-refractivity contribution < 1.29 is 23.2 Å². The highest BCUT2D eigenvalue weighted by molar-refractivity contribution is 6.20. The summed E-state index contributed by atoms with van der Waals surface area (Å²) in [4.78, 5) is 46.1. The zero-order valence-corrected chi connectivity index (χ0v) is 23.6. The van der Waals surface area contributed by atoms with Gasteiger partial charge in [0, 0.05) is 23.7 Å². The van der Waals surface area contributed by atoms with Gasteiger partial charge in [-0.2, -0.15) is 0 Å². The highest BCUT2D eigenvalue weighted by Gasteiger charge is 2.34. The minimum atomic E-state index is -1.25. The van der Waals surface area contributed by atoms with E-state index in [9.17, 15) is 23.2 Å². The monoisotopic (exact) mass is 560 g/mol. The quantitative estimate of drug-likeness (QED) is 0.416. The molecule has 3 amide bonds. The van der Waals surface area contributed by atoms with Gasteiger partial charge in [0.05, 0.1) is 17.8 Å². The molecule has 3 aromatic carbocycles. The third-order valence-corrected chi connectivity index (χ3v) is 6.68. The van der Waals surface area contributed by atoms with E-state index < -0.39 is 41.6 Å². The minimum absolute atomic E-state index is 0.0488. The Morgan fingerprint density at radius 3 is 2.27 bits per heavy atom. The minimum Gasteiger partial charge on any atom is -0.344 e. The van der Waals surface area contributed by atoms with Crippen molar-refractivity contribution in [3.8, 4) is 0 Å². The highest BCUT2D eigenvalue weighted by Crippen LogP contribution is 2.30. The van der Waals surface area contributed by atoms with E-state index >= 15 is 0 Å². The van der Waals surface area contributed by atoms with Gasteiger partial charge in [-0.15, -0.1) is 0 Å². The van der Waals surface area contributed by atoms with E-state index in [-0.39, 0.29) is 17.4 Å². The summed E-state index contributed by atoms with van der Waals surface area (Å²) in [5.41, 5.74) is 2.89. The van der Waals surface area contributed by atoms with Crippen LogP contribution in [-0.2, 0) is 20.8 Å². The summed E-state index contributed by atoms with van der Waals surface area (Å²) in [6.07, 6.45) is -0.857. The number of hydrogen-bond acceptors (Lipinski definition) is 4. The van der Waals surface area contributed by atoms with Crippen molar-refractivity contribution in [3.05, 3.63) is 101 Å². The Kier molecular flexibility index (Phi) is 8.95. The number of rotatable bonds is 8. The number of amides is 3. The summed E-state index contributed by atoms with van der Waals surface area (Å²) in [5.74, 6) is -3.21. The van der Waals surface area contributed by atoms with Crippen molar-refractivity contribution in [2.75, 3.05) is 11.4 Å². The topological polar surface area (TPSA) is 90.9 Å². The first-order valence-corrected chi connectivity index (χ1v) is 13.5. The molecule has 0 spiro atoms. The maximum Gasteiger partial charge on any atom is 0.272 e. The zero-order chi connectivity index (χ0) is 29.7. The predicted octanol–water partition coefficient (Wildman–Crippen LogP) is 4.77. The maximum atomic E-state index is 13.9. The van der Waals surface area contributed by atoms with Crippen molar-refractivity contribution >= 4 is 29.1 Å². The van der Waals surface area contributed by atoms with Crippen LogP contribution in [-0.4, -0.2) is 42.2 Å². The Hall–Kier alpha value is -4.40. The number of nitrogens with one attached hydrogen (secondary N) is 2. The van der Waals surface area contributed by atoms with Crippen molar-refractivity contribution in [1.29, 1.82) is 0 Å². The number of para-hydroxylation sites is 1. The van der Waals surface area contributed by atoms with E-state index in [0.29, 0.717) is 30.4 Å². The molecule has 0 fully saturated rings. The van der Waals surface area contributed by atoms with Gasteiger partial charge in [0.2, 0.25) is 18.0 Å². The van der Waals surface area contributed by atoms with Crippen LogP contribution in [0.2, 0.25) is 0 Å². The van der Waals surface area contributed by atoms with Crippen LogP contribution < -0.4 is 15.5 Å². The van der Waals surface area contributed by atoms with Crippen LogP contribution in [0.1, 0.15) is 50.8 Å². The molecule has 2 atom stereocenters. The molecule has 0 bridgehead atoms. The number of anilines is 1. The number of halogens is 2. The largest absolute Gasteiger partial charge is 0.344 e. The van der Waals surface area contributed by atoms with Gasteiger partial charge in [-0.25, -0.2) is 13.8 Å². The van der Waals surface area contributed by atoms with Crippen molar-refractivity contribution in [2.24, 2.45) is 10.4 Å². The van der Waals surface area contributed by atoms with Gasteiger partial charge in [-0.1, -0.05) is 69.3 Å². The normalized spacial score (nSPS) is 15.9. The third-order valence-electron chi connectivity index (χ3n) is 6.68. The third kappa shape index (κ3) is 7.63. The molecule has 1 unspecified atom stereocenters. The first-order chi connectivity index (χ1) is 19.4. The molecule has 7 nitrogen and oxygen atoms in total. The fourth-order valence-electron chi connectivity index (χ4n) is 4.54. The molecule has 0 radical (unpaired) electrons. The Morgan fingerprint density at radius 2 is 1.61 bits per heavy atom. The number of carbonyl (C=O) groups is 3. The molecule has 9 heteroatoms. The van der Waals surface area contributed by atoms with E-state index in [1.165, 1.54) is 6.92 Å². The molecule has 0 saturated carbocycles. The van der Waals surface area contributed by atoms with E-state index in [1.807, 2.05) is 54.6 Å². The number of fused-ring (bicyclic) bond motifs is 1. The second-order valence-corrected chi connectivity index (χ2v) is 11.3. The summed E-state index contributed by atoms with van der Waals surface area (Å²) in [5, 5.41) is 5.24. The number of benzodiazepines with no additional fused rings is 1. The number of carbonyl (C=O) groups excluding carboxylic acids is 3. The summed E-state index contributed by atoms with van der Waals surface area (Å²) < 4.78 is 27.0. The maximum absolute atomic E-state index is 13.9. The van der Waals surface area contributed by atoms with Gasteiger partial charge in [-0.05, 0) is 42.5 Å². The molecule has 41 heavy (non-hydrogen) atoms. The number of hydrogen-bond donors (Lipinski definition) is 2. The second kappa shape index (κ2) is 12.4. The average Bonchev–Trinajstić information content (AvgIpc) is 3.01. The van der Waals surface area contributed by atoms with Crippen molar-refractivity contribution in [1.82, 2.24) is 10.6 Å². The van der Waals surface area contributed by atoms with Crippen LogP contribution in [0.25, 0.3) is 0 Å². The van der Waals surface area contributed by atoms with Gasteiger partial charge in [0.1, 0.15) is 17.7 Å². The lowest BCUT2D eigenvalue weighted by molar-refractivity contribution is -0.130. The molecule has 0 saturated heterocycles. The highest BCUT2D eigenvalue weighted by atomic mass is 19.1. The summed E-state index contributed by atoms with van der Waals surface area (Å²) >= 11 is 0. The Morgan fingerprint density at radius 1 is 0.976 bits per heavy atom. The average molecular weight is 561 g/mol. The van der Waals surface area contributed by atoms with Gasteiger partial charge in [0.15, 0.2) is 0 Å². The Bertz CT molecular complexity index is 1450. The van der Waals surface area contributed by atoms with Crippen LogP contribution >= 0.6 is 0 Å². The van der Waals surface area contributed by atoms with Gasteiger partial charge < -0.3 is 15.5 Å². The smallest absolute Gasteiger partial charge is 0.272 e. The molecule has 1 heterocycles. The molecule has 4 rings (SSSR count). The van der Waals surface area contributed by atoms with Crippen LogP contribution in [0.3, 0.4) is 0 Å².